The van der Waals surface area contributed by atoms with Crippen LogP contribution in [0.1, 0.15) is 39.0 Å². The van der Waals surface area contributed by atoms with Gasteiger partial charge in [-0.1, -0.05) is 49.0 Å². The molecule has 130 valence electrons. The molecule has 0 spiro atoms. The fourth-order valence-corrected chi connectivity index (χ4v) is 4.05. The van der Waals surface area contributed by atoms with E-state index in [0.29, 0.717) is 28.2 Å². The van der Waals surface area contributed by atoms with E-state index >= 15 is 0 Å². The van der Waals surface area contributed by atoms with Crippen LogP contribution < -0.4 is 10.2 Å². The third-order valence-corrected chi connectivity index (χ3v) is 5.97. The number of nitrogens with one attached hydrogen (secondary N) is 1. The molecule has 4 nitrogen and oxygen atoms in total. The Morgan fingerprint density at radius 1 is 1.25 bits per heavy atom. The molecule has 1 N–H and O–H groups in total. The van der Waals surface area contributed by atoms with Crippen LogP contribution >= 0.6 is 23.2 Å². The summed E-state index contributed by atoms with van der Waals surface area (Å²) in [4.78, 5) is 26.5. The lowest BCUT2D eigenvalue weighted by atomic mass is 9.85. The number of amides is 2. The van der Waals surface area contributed by atoms with Gasteiger partial charge < -0.3 is 10.2 Å². The maximum Gasteiger partial charge on any atom is 0.227 e. The molecule has 0 aromatic heterocycles. The highest BCUT2D eigenvalue weighted by atomic mass is 35.5. The second kappa shape index (κ2) is 7.32. The van der Waals surface area contributed by atoms with E-state index in [2.05, 4.69) is 12.2 Å². The summed E-state index contributed by atoms with van der Waals surface area (Å²) in [6.07, 6.45) is 4.78. The van der Waals surface area contributed by atoms with Gasteiger partial charge in [-0.3, -0.25) is 9.59 Å². The maximum absolute atomic E-state index is 12.6. The topological polar surface area (TPSA) is 49.4 Å². The van der Waals surface area contributed by atoms with Gasteiger partial charge in [-0.05, 0) is 30.9 Å². The number of rotatable bonds is 3. The van der Waals surface area contributed by atoms with Crippen LogP contribution in [-0.2, 0) is 9.59 Å². The minimum absolute atomic E-state index is 0.0252. The molecule has 2 amide bonds. The zero-order valence-electron chi connectivity index (χ0n) is 13.7. The summed E-state index contributed by atoms with van der Waals surface area (Å²) in [6, 6.07) is 5.43. The van der Waals surface area contributed by atoms with Crippen molar-refractivity contribution in [2.75, 3.05) is 11.4 Å². The zero-order chi connectivity index (χ0) is 17.3. The van der Waals surface area contributed by atoms with E-state index in [-0.39, 0.29) is 30.2 Å². The van der Waals surface area contributed by atoms with Crippen molar-refractivity contribution in [1.82, 2.24) is 5.32 Å². The van der Waals surface area contributed by atoms with E-state index in [9.17, 15) is 9.59 Å². The first-order valence-electron chi connectivity index (χ1n) is 8.52. The number of hydrogen-bond donors (Lipinski definition) is 1. The lowest BCUT2D eigenvalue weighted by Crippen LogP contribution is -2.44. The summed E-state index contributed by atoms with van der Waals surface area (Å²) in [5.41, 5.74) is 0.579. The third kappa shape index (κ3) is 3.55. The Labute approximate surface area is 152 Å². The second-order valence-electron chi connectivity index (χ2n) is 6.86. The van der Waals surface area contributed by atoms with Crippen molar-refractivity contribution in [2.24, 2.45) is 11.8 Å². The van der Waals surface area contributed by atoms with E-state index in [1.54, 1.807) is 23.1 Å². The molecule has 1 aromatic rings. The smallest absolute Gasteiger partial charge is 0.227 e. The standard InChI is InChI=1S/C18H22Cl2N2O2/c1-11-5-2-3-7-14(11)21-18(24)12-9-16(23)22(10-12)15-8-4-6-13(19)17(15)20/h4,6,8,11-12,14H,2-3,5,7,9-10H2,1H3,(H,21,24)/t11-,12+,14-/m1/s1. The first kappa shape index (κ1) is 17.6. The Kier molecular flexibility index (Phi) is 5.36. The fraction of sp³-hybridized carbons (Fsp3) is 0.556. The van der Waals surface area contributed by atoms with Crippen molar-refractivity contribution < 1.29 is 9.59 Å². The maximum atomic E-state index is 12.6. The molecule has 1 aliphatic heterocycles. The summed E-state index contributed by atoms with van der Waals surface area (Å²) in [5, 5.41) is 3.92. The first-order chi connectivity index (χ1) is 11.5. The molecule has 1 saturated carbocycles. The highest BCUT2D eigenvalue weighted by Crippen LogP contribution is 2.36. The average molecular weight is 369 g/mol. The van der Waals surface area contributed by atoms with Crippen LogP contribution in [-0.4, -0.2) is 24.4 Å². The van der Waals surface area contributed by atoms with E-state index in [1.807, 2.05) is 0 Å². The van der Waals surface area contributed by atoms with E-state index in [0.717, 1.165) is 19.3 Å². The highest BCUT2D eigenvalue weighted by Gasteiger charge is 2.37. The highest BCUT2D eigenvalue weighted by molar-refractivity contribution is 6.44. The number of carbonyl (C=O) groups is 2. The van der Waals surface area contributed by atoms with Gasteiger partial charge in [-0.2, -0.15) is 0 Å². The quantitative estimate of drug-likeness (QED) is 0.874. The summed E-state index contributed by atoms with van der Waals surface area (Å²) in [5.74, 6) is 0.0544. The summed E-state index contributed by atoms with van der Waals surface area (Å²) < 4.78 is 0. The Balaban J connectivity index is 1.68. The molecule has 0 radical (unpaired) electrons. The van der Waals surface area contributed by atoms with Gasteiger partial charge in [-0.25, -0.2) is 0 Å². The fourth-order valence-electron chi connectivity index (χ4n) is 3.65. The van der Waals surface area contributed by atoms with Crippen molar-refractivity contribution in [3.05, 3.63) is 28.2 Å². The van der Waals surface area contributed by atoms with Crippen LogP contribution in [0.15, 0.2) is 18.2 Å². The third-order valence-electron chi connectivity index (χ3n) is 5.16. The van der Waals surface area contributed by atoms with Crippen molar-refractivity contribution >= 4 is 40.7 Å². The number of anilines is 1. The molecule has 2 fully saturated rings. The second-order valence-corrected chi connectivity index (χ2v) is 7.64. The van der Waals surface area contributed by atoms with Crippen LogP contribution in [0.3, 0.4) is 0 Å². The van der Waals surface area contributed by atoms with Crippen LogP contribution in [0.2, 0.25) is 10.0 Å². The summed E-state index contributed by atoms with van der Waals surface area (Å²) >= 11 is 12.2. The Morgan fingerprint density at radius 3 is 2.75 bits per heavy atom. The van der Waals surface area contributed by atoms with Gasteiger partial charge in [0.2, 0.25) is 11.8 Å². The van der Waals surface area contributed by atoms with Gasteiger partial charge in [0.25, 0.3) is 0 Å². The molecule has 0 bridgehead atoms. The monoisotopic (exact) mass is 368 g/mol. The molecule has 1 aliphatic carbocycles. The molecule has 6 heteroatoms. The largest absolute Gasteiger partial charge is 0.353 e. The van der Waals surface area contributed by atoms with E-state index < -0.39 is 0 Å². The van der Waals surface area contributed by atoms with Crippen molar-refractivity contribution in [1.29, 1.82) is 0 Å². The molecular formula is C18H22Cl2N2O2. The molecule has 3 atom stereocenters. The van der Waals surface area contributed by atoms with Gasteiger partial charge in [0, 0.05) is 19.0 Å². The minimum Gasteiger partial charge on any atom is -0.353 e. The van der Waals surface area contributed by atoms with Gasteiger partial charge in [0.15, 0.2) is 0 Å². The Bertz CT molecular complexity index is 650. The SMILES string of the molecule is C[C@@H]1CCCC[C@H]1NC(=O)[C@H]1CC(=O)N(c2cccc(Cl)c2Cl)C1. The van der Waals surface area contributed by atoms with E-state index in [4.69, 9.17) is 23.2 Å². The van der Waals surface area contributed by atoms with Gasteiger partial charge in [-0.15, -0.1) is 0 Å². The predicted octanol–water partition coefficient (Wildman–Crippen LogP) is 4.04. The summed E-state index contributed by atoms with van der Waals surface area (Å²) in [7, 11) is 0. The van der Waals surface area contributed by atoms with Crippen molar-refractivity contribution in [2.45, 2.75) is 45.1 Å². The molecule has 2 aliphatic rings. The number of benzene rings is 1. The van der Waals surface area contributed by atoms with Gasteiger partial charge >= 0.3 is 0 Å². The van der Waals surface area contributed by atoms with Crippen molar-refractivity contribution in [3.63, 3.8) is 0 Å². The molecule has 0 unspecified atom stereocenters. The predicted molar refractivity (Wildman–Crippen MR) is 96.5 cm³/mol. The van der Waals surface area contributed by atoms with Gasteiger partial charge in [0.1, 0.15) is 0 Å². The molecule has 1 saturated heterocycles. The number of nitrogens with zero attached hydrogens (tertiary/aromatic N) is 1. The van der Waals surface area contributed by atoms with Gasteiger partial charge in [0.05, 0.1) is 21.7 Å². The lowest BCUT2D eigenvalue weighted by molar-refractivity contribution is -0.127. The van der Waals surface area contributed by atoms with Crippen LogP contribution in [0, 0.1) is 11.8 Å². The number of halogens is 2. The Hall–Kier alpha value is -1.26. The minimum atomic E-state index is -0.332. The van der Waals surface area contributed by atoms with Crippen LogP contribution in [0.5, 0.6) is 0 Å². The Morgan fingerprint density at radius 2 is 2.00 bits per heavy atom. The summed E-state index contributed by atoms with van der Waals surface area (Å²) in [6.45, 7) is 2.54. The van der Waals surface area contributed by atoms with Crippen LogP contribution in [0.25, 0.3) is 0 Å². The molecular weight excluding hydrogens is 347 g/mol. The van der Waals surface area contributed by atoms with Crippen LogP contribution in [0.4, 0.5) is 5.69 Å². The average Bonchev–Trinajstić information content (AvgIpc) is 2.94. The molecule has 1 aromatic carbocycles. The molecule has 24 heavy (non-hydrogen) atoms. The zero-order valence-corrected chi connectivity index (χ0v) is 15.2. The first-order valence-corrected chi connectivity index (χ1v) is 9.27. The lowest BCUT2D eigenvalue weighted by Gasteiger charge is -2.30. The molecule has 3 rings (SSSR count). The van der Waals surface area contributed by atoms with E-state index in [1.165, 1.54) is 6.42 Å². The number of hydrogen-bond acceptors (Lipinski definition) is 2. The normalized spacial score (nSPS) is 27.4. The van der Waals surface area contributed by atoms with Crippen molar-refractivity contribution in [3.8, 4) is 0 Å². The number of carbonyl (C=O) groups excluding carboxylic acids is 2. The molecule has 1 heterocycles.